The molecule has 0 saturated heterocycles. The van der Waals surface area contributed by atoms with Gasteiger partial charge in [-0.05, 0) is 48.7 Å². The van der Waals surface area contributed by atoms with Crippen LogP contribution in [-0.4, -0.2) is 39.6 Å². The molecule has 1 aromatic heterocycles. The molecule has 0 aliphatic rings. The third kappa shape index (κ3) is 6.99. The first-order valence-electron chi connectivity index (χ1n) is 12.1. The molecule has 37 heavy (non-hydrogen) atoms. The number of rotatable bonds is 7. The van der Waals surface area contributed by atoms with E-state index in [1.54, 1.807) is 4.68 Å². The zero-order valence-corrected chi connectivity index (χ0v) is 22.0. The van der Waals surface area contributed by atoms with Crippen LogP contribution < -0.4 is 5.32 Å². The summed E-state index contributed by atoms with van der Waals surface area (Å²) in [5, 5.41) is 7.62. The number of hydrogen-bond donors (Lipinski definition) is 1. The van der Waals surface area contributed by atoms with E-state index in [-0.39, 0.29) is 30.0 Å². The summed E-state index contributed by atoms with van der Waals surface area (Å²) in [6.07, 6.45) is -4.49. The van der Waals surface area contributed by atoms with Crippen LogP contribution >= 0.6 is 0 Å². The van der Waals surface area contributed by atoms with Gasteiger partial charge in [0.2, 0.25) is 5.91 Å². The maximum atomic E-state index is 13.2. The lowest BCUT2D eigenvalue weighted by atomic mass is 9.92. The van der Waals surface area contributed by atoms with Gasteiger partial charge in [-0.15, -0.1) is 0 Å². The average Bonchev–Trinajstić information content (AvgIpc) is 3.21. The molecule has 0 atom stereocenters. The van der Waals surface area contributed by atoms with Gasteiger partial charge in [-0.2, -0.15) is 18.3 Å². The van der Waals surface area contributed by atoms with Crippen LogP contribution in [0.4, 0.5) is 19.0 Å². The highest BCUT2D eigenvalue weighted by Gasteiger charge is 2.31. The third-order valence-corrected chi connectivity index (χ3v) is 5.76. The number of alkyl halides is 3. The van der Waals surface area contributed by atoms with Gasteiger partial charge in [0.1, 0.15) is 12.4 Å². The van der Waals surface area contributed by atoms with Crippen molar-refractivity contribution in [2.45, 2.75) is 53.1 Å². The highest BCUT2D eigenvalue weighted by Crippen LogP contribution is 2.30. The van der Waals surface area contributed by atoms with E-state index in [4.69, 9.17) is 5.10 Å². The Bertz CT molecular complexity index is 1260. The van der Waals surface area contributed by atoms with E-state index < -0.39 is 23.6 Å². The van der Waals surface area contributed by atoms with Crippen molar-refractivity contribution in [2.75, 3.05) is 18.4 Å². The van der Waals surface area contributed by atoms with Crippen LogP contribution in [0.3, 0.4) is 0 Å². The van der Waals surface area contributed by atoms with E-state index in [1.165, 1.54) is 4.90 Å². The molecule has 1 N–H and O–H groups in total. The lowest BCUT2D eigenvalue weighted by Gasteiger charge is -2.24. The Morgan fingerprint density at radius 2 is 1.65 bits per heavy atom. The van der Waals surface area contributed by atoms with Crippen molar-refractivity contribution in [3.05, 3.63) is 77.0 Å². The Kier molecular flexibility index (Phi) is 8.15. The van der Waals surface area contributed by atoms with Gasteiger partial charge in [-0.1, -0.05) is 52.8 Å². The minimum Gasteiger partial charge on any atom is -0.329 e. The van der Waals surface area contributed by atoms with Crippen molar-refractivity contribution in [2.24, 2.45) is 5.92 Å². The van der Waals surface area contributed by atoms with Crippen molar-refractivity contribution in [3.8, 4) is 5.69 Å². The van der Waals surface area contributed by atoms with Crippen LogP contribution in [0.15, 0.2) is 54.6 Å². The molecule has 0 saturated carbocycles. The molecule has 0 aliphatic carbocycles. The number of nitrogens with one attached hydrogen (secondary N) is 1. The zero-order valence-electron chi connectivity index (χ0n) is 22.0. The Morgan fingerprint density at radius 3 is 2.19 bits per heavy atom. The summed E-state index contributed by atoms with van der Waals surface area (Å²) in [6.45, 7) is 11.8. The average molecular weight is 515 g/mol. The summed E-state index contributed by atoms with van der Waals surface area (Å²) in [4.78, 5) is 27.7. The smallest absolute Gasteiger partial charge is 0.329 e. The molecule has 2 aromatic carbocycles. The van der Waals surface area contributed by atoms with Gasteiger partial charge in [0.25, 0.3) is 5.91 Å². The molecule has 0 bridgehead atoms. The van der Waals surface area contributed by atoms with Crippen molar-refractivity contribution in [1.82, 2.24) is 14.7 Å². The molecule has 0 spiro atoms. The van der Waals surface area contributed by atoms with Crippen LogP contribution in [0, 0.1) is 12.8 Å². The molecule has 3 aromatic rings. The van der Waals surface area contributed by atoms with Gasteiger partial charge in [-0.25, -0.2) is 4.68 Å². The number of para-hydroxylation sites is 1. The number of carbonyl (C=O) groups is 2. The van der Waals surface area contributed by atoms with Crippen LogP contribution in [0.5, 0.6) is 0 Å². The second-order valence-corrected chi connectivity index (χ2v) is 10.6. The first-order valence-corrected chi connectivity index (χ1v) is 12.1. The number of aromatic nitrogens is 2. The van der Waals surface area contributed by atoms with Crippen molar-refractivity contribution < 1.29 is 22.8 Å². The molecule has 3 rings (SSSR count). The van der Waals surface area contributed by atoms with Gasteiger partial charge in [0.15, 0.2) is 0 Å². The minimum absolute atomic E-state index is 0.0381. The SMILES string of the molecule is Cc1ccccc1-n1nc(C(C)(C)C)cc1NC(=O)CN(CC(C)C)C(=O)c1ccc(C(F)(F)F)cc1. The molecule has 2 amide bonds. The molecule has 0 aliphatic heterocycles. The topological polar surface area (TPSA) is 67.2 Å². The lowest BCUT2D eigenvalue weighted by molar-refractivity contribution is -0.137. The molecule has 0 unspecified atom stereocenters. The normalized spacial score (nSPS) is 12.1. The van der Waals surface area contributed by atoms with Crippen LogP contribution in [0.1, 0.15) is 61.8 Å². The number of amides is 2. The summed E-state index contributed by atoms with van der Waals surface area (Å²) in [5.74, 6) is -0.441. The maximum absolute atomic E-state index is 13.2. The van der Waals surface area contributed by atoms with Gasteiger partial charge in [0.05, 0.1) is 16.9 Å². The summed E-state index contributed by atoms with van der Waals surface area (Å²) in [5.41, 5.74) is 1.55. The molecular formula is C28H33F3N4O2. The van der Waals surface area contributed by atoms with E-state index in [9.17, 15) is 22.8 Å². The number of halogens is 3. The van der Waals surface area contributed by atoms with Gasteiger partial charge in [-0.3, -0.25) is 9.59 Å². The van der Waals surface area contributed by atoms with Crippen molar-refractivity contribution in [1.29, 1.82) is 0 Å². The second kappa shape index (κ2) is 10.8. The van der Waals surface area contributed by atoms with Crippen molar-refractivity contribution >= 4 is 17.6 Å². The number of nitrogens with zero attached hydrogens (tertiary/aromatic N) is 3. The van der Waals surface area contributed by atoms with E-state index in [0.717, 1.165) is 41.2 Å². The fourth-order valence-corrected chi connectivity index (χ4v) is 3.82. The molecular weight excluding hydrogens is 481 g/mol. The summed E-state index contributed by atoms with van der Waals surface area (Å²) >= 11 is 0. The van der Waals surface area contributed by atoms with E-state index >= 15 is 0 Å². The van der Waals surface area contributed by atoms with Gasteiger partial charge >= 0.3 is 6.18 Å². The monoisotopic (exact) mass is 514 g/mol. The Balaban J connectivity index is 1.87. The number of hydrogen-bond acceptors (Lipinski definition) is 3. The Morgan fingerprint density at radius 1 is 1.03 bits per heavy atom. The first-order chi connectivity index (χ1) is 17.2. The Hall–Kier alpha value is -3.62. The largest absolute Gasteiger partial charge is 0.416 e. The van der Waals surface area contributed by atoms with Gasteiger partial charge in [0, 0.05) is 23.6 Å². The summed E-state index contributed by atoms with van der Waals surface area (Å²) in [7, 11) is 0. The fourth-order valence-electron chi connectivity index (χ4n) is 3.82. The number of carbonyl (C=O) groups excluding carboxylic acids is 2. The van der Waals surface area contributed by atoms with Gasteiger partial charge < -0.3 is 10.2 Å². The number of aryl methyl sites for hydroxylation is 1. The fraction of sp³-hybridized carbons (Fsp3) is 0.393. The highest BCUT2D eigenvalue weighted by atomic mass is 19.4. The molecule has 6 nitrogen and oxygen atoms in total. The molecule has 1 heterocycles. The first kappa shape index (κ1) is 28.0. The molecule has 0 fully saturated rings. The maximum Gasteiger partial charge on any atom is 0.416 e. The van der Waals surface area contributed by atoms with E-state index in [1.807, 2.05) is 71.9 Å². The quantitative estimate of drug-likeness (QED) is 0.406. The summed E-state index contributed by atoms with van der Waals surface area (Å²) < 4.78 is 40.5. The number of anilines is 1. The molecule has 0 radical (unpaired) electrons. The van der Waals surface area contributed by atoms with E-state index in [2.05, 4.69) is 5.32 Å². The number of benzene rings is 2. The lowest BCUT2D eigenvalue weighted by Crippen LogP contribution is -2.40. The highest BCUT2D eigenvalue weighted by molar-refractivity contribution is 5.99. The van der Waals surface area contributed by atoms with Crippen molar-refractivity contribution in [3.63, 3.8) is 0 Å². The predicted octanol–water partition coefficient (Wildman–Crippen LogP) is 6.23. The third-order valence-electron chi connectivity index (χ3n) is 5.76. The predicted molar refractivity (Wildman–Crippen MR) is 138 cm³/mol. The van der Waals surface area contributed by atoms with Crippen LogP contribution in [-0.2, 0) is 16.4 Å². The van der Waals surface area contributed by atoms with Crippen LogP contribution in [0.25, 0.3) is 5.69 Å². The molecule has 198 valence electrons. The second-order valence-electron chi connectivity index (χ2n) is 10.6. The van der Waals surface area contributed by atoms with Crippen LogP contribution in [0.2, 0.25) is 0 Å². The molecule has 9 heteroatoms. The summed E-state index contributed by atoms with van der Waals surface area (Å²) in [6, 6.07) is 13.5. The Labute approximate surface area is 215 Å². The zero-order chi connectivity index (χ0) is 27.5. The van der Waals surface area contributed by atoms with E-state index in [0.29, 0.717) is 5.82 Å². The minimum atomic E-state index is -4.49. The standard InChI is InChI=1S/C28H33F3N4O2/c1-18(2)16-34(26(37)20-11-13-21(14-12-20)28(29,30)31)17-25(36)32-24-15-23(27(4,5)6)33-35(24)22-10-8-7-9-19(22)3/h7-15,18H,16-17H2,1-6H3,(H,32,36).